The van der Waals surface area contributed by atoms with Crippen molar-refractivity contribution < 1.29 is 24.2 Å². The molecule has 0 saturated carbocycles. The van der Waals surface area contributed by atoms with E-state index in [0.29, 0.717) is 36.7 Å². The Bertz CT molecular complexity index is 853. The van der Waals surface area contributed by atoms with Crippen LogP contribution in [-0.4, -0.2) is 54.7 Å². The quantitative estimate of drug-likeness (QED) is 0.774. The number of hydrogen-bond acceptors (Lipinski definition) is 5. The minimum atomic E-state index is -0.123. The highest BCUT2D eigenvalue weighted by Crippen LogP contribution is 2.31. The van der Waals surface area contributed by atoms with Gasteiger partial charge in [-0.3, -0.25) is 9.59 Å². The molecule has 7 nitrogen and oxygen atoms in total. The number of rotatable bonds is 7. The standard InChI is InChI=1S/C22H26N2O5/c1-16(26)24(20-5-3-4-6-21(20)28-2)18-11-12-23(13-18)22(27)15-29-19-9-7-17(14-25)8-10-19/h3-10,18,25H,11-15H2,1-2H3. The third kappa shape index (κ3) is 4.86. The molecule has 154 valence electrons. The van der Waals surface area contributed by atoms with Gasteiger partial charge in [-0.2, -0.15) is 0 Å². The predicted molar refractivity (Wildman–Crippen MR) is 109 cm³/mol. The molecule has 0 bridgehead atoms. The molecule has 0 aliphatic carbocycles. The highest BCUT2D eigenvalue weighted by atomic mass is 16.5. The molecule has 2 aromatic rings. The van der Waals surface area contributed by atoms with Crippen molar-refractivity contribution >= 4 is 17.5 Å². The maximum absolute atomic E-state index is 12.6. The summed E-state index contributed by atoms with van der Waals surface area (Å²) >= 11 is 0. The summed E-state index contributed by atoms with van der Waals surface area (Å²) in [6.45, 7) is 2.43. The van der Waals surface area contributed by atoms with Crippen LogP contribution in [0.5, 0.6) is 11.5 Å². The summed E-state index contributed by atoms with van der Waals surface area (Å²) < 4.78 is 11.0. The molecule has 7 heteroatoms. The molecule has 0 spiro atoms. The van der Waals surface area contributed by atoms with E-state index >= 15 is 0 Å². The molecule has 1 fully saturated rings. The van der Waals surface area contributed by atoms with E-state index in [1.165, 1.54) is 6.92 Å². The second-order valence-electron chi connectivity index (χ2n) is 6.93. The van der Waals surface area contributed by atoms with Crippen LogP contribution >= 0.6 is 0 Å². The Morgan fingerprint density at radius 3 is 2.55 bits per heavy atom. The summed E-state index contributed by atoms with van der Waals surface area (Å²) in [4.78, 5) is 28.4. The number of aliphatic hydroxyl groups is 1. The lowest BCUT2D eigenvalue weighted by Crippen LogP contribution is -2.42. The number of amides is 2. The second-order valence-corrected chi connectivity index (χ2v) is 6.93. The molecule has 1 saturated heterocycles. The summed E-state index contributed by atoms with van der Waals surface area (Å²) in [7, 11) is 1.58. The summed E-state index contributed by atoms with van der Waals surface area (Å²) in [6, 6.07) is 14.2. The van der Waals surface area contributed by atoms with E-state index in [1.807, 2.05) is 24.3 Å². The summed E-state index contributed by atoms with van der Waals surface area (Å²) in [5.41, 5.74) is 1.49. The van der Waals surface area contributed by atoms with Crippen molar-refractivity contribution in [3.05, 3.63) is 54.1 Å². The molecule has 1 unspecified atom stereocenters. The number of anilines is 1. The Labute approximate surface area is 170 Å². The van der Waals surface area contributed by atoms with Crippen molar-refractivity contribution in [3.8, 4) is 11.5 Å². The van der Waals surface area contributed by atoms with Crippen molar-refractivity contribution in [1.82, 2.24) is 4.90 Å². The van der Waals surface area contributed by atoms with E-state index in [9.17, 15) is 9.59 Å². The van der Waals surface area contributed by atoms with Gasteiger partial charge in [0.2, 0.25) is 5.91 Å². The molecule has 29 heavy (non-hydrogen) atoms. The molecule has 3 rings (SSSR count). The Balaban J connectivity index is 1.62. The number of para-hydroxylation sites is 2. The molecule has 1 atom stereocenters. The Morgan fingerprint density at radius 1 is 1.17 bits per heavy atom. The van der Waals surface area contributed by atoms with Gasteiger partial charge in [-0.15, -0.1) is 0 Å². The maximum Gasteiger partial charge on any atom is 0.260 e. The number of likely N-dealkylation sites (tertiary alicyclic amines) is 1. The van der Waals surface area contributed by atoms with Gasteiger partial charge >= 0.3 is 0 Å². The number of aliphatic hydroxyl groups excluding tert-OH is 1. The van der Waals surface area contributed by atoms with E-state index < -0.39 is 0 Å². The monoisotopic (exact) mass is 398 g/mol. The zero-order valence-electron chi connectivity index (χ0n) is 16.7. The zero-order chi connectivity index (χ0) is 20.8. The van der Waals surface area contributed by atoms with Crippen LogP contribution in [0.15, 0.2) is 48.5 Å². The minimum absolute atomic E-state index is 0.0345. The van der Waals surface area contributed by atoms with E-state index in [0.717, 1.165) is 5.56 Å². The zero-order valence-corrected chi connectivity index (χ0v) is 16.7. The third-order valence-corrected chi connectivity index (χ3v) is 5.03. The van der Waals surface area contributed by atoms with Gasteiger partial charge in [-0.05, 0) is 36.2 Å². The molecule has 0 radical (unpaired) electrons. The fourth-order valence-electron chi connectivity index (χ4n) is 3.56. The van der Waals surface area contributed by atoms with Gasteiger partial charge in [0.25, 0.3) is 5.91 Å². The van der Waals surface area contributed by atoms with Crippen LogP contribution < -0.4 is 14.4 Å². The molecule has 2 amide bonds. The first-order valence-corrected chi connectivity index (χ1v) is 9.56. The minimum Gasteiger partial charge on any atom is -0.495 e. The average molecular weight is 398 g/mol. The van der Waals surface area contributed by atoms with Crippen LogP contribution in [0.3, 0.4) is 0 Å². The highest BCUT2D eigenvalue weighted by molar-refractivity contribution is 5.94. The van der Waals surface area contributed by atoms with Crippen molar-refractivity contribution in [2.45, 2.75) is 26.0 Å². The summed E-state index contributed by atoms with van der Waals surface area (Å²) in [6.07, 6.45) is 0.689. The fraction of sp³-hybridized carbons (Fsp3) is 0.364. The number of carbonyl (C=O) groups is 2. The Kier molecular flexibility index (Phi) is 6.72. The number of nitrogens with zero attached hydrogens (tertiary/aromatic N) is 2. The van der Waals surface area contributed by atoms with Crippen LogP contribution in [0.25, 0.3) is 0 Å². The maximum atomic E-state index is 12.6. The first-order chi connectivity index (χ1) is 14.0. The SMILES string of the molecule is COc1ccccc1N(C(C)=O)C1CCN(C(=O)COc2ccc(CO)cc2)C1. The van der Waals surface area contributed by atoms with Gasteiger partial charge in [0.1, 0.15) is 11.5 Å². The predicted octanol–water partition coefficient (Wildman–Crippen LogP) is 2.22. The first kappa shape index (κ1) is 20.7. The third-order valence-electron chi connectivity index (χ3n) is 5.03. The van der Waals surface area contributed by atoms with Crippen LogP contribution in [-0.2, 0) is 16.2 Å². The Morgan fingerprint density at radius 2 is 1.90 bits per heavy atom. The molecule has 1 N–H and O–H groups in total. The van der Waals surface area contributed by atoms with E-state index in [-0.39, 0.29) is 31.1 Å². The van der Waals surface area contributed by atoms with E-state index in [2.05, 4.69) is 0 Å². The van der Waals surface area contributed by atoms with Crippen LogP contribution in [0.1, 0.15) is 18.9 Å². The second kappa shape index (κ2) is 9.43. The van der Waals surface area contributed by atoms with Gasteiger partial charge < -0.3 is 24.4 Å². The largest absolute Gasteiger partial charge is 0.495 e. The number of ether oxygens (including phenoxy) is 2. The van der Waals surface area contributed by atoms with Crippen molar-refractivity contribution in [2.75, 3.05) is 31.7 Å². The molecule has 2 aromatic carbocycles. The van der Waals surface area contributed by atoms with Crippen LogP contribution in [0, 0.1) is 0 Å². The lowest BCUT2D eigenvalue weighted by atomic mass is 10.1. The number of carbonyl (C=O) groups excluding carboxylic acids is 2. The van der Waals surface area contributed by atoms with Gasteiger partial charge in [0.05, 0.1) is 25.4 Å². The smallest absolute Gasteiger partial charge is 0.260 e. The number of benzene rings is 2. The van der Waals surface area contributed by atoms with Gasteiger partial charge in [0, 0.05) is 20.0 Å². The van der Waals surface area contributed by atoms with Gasteiger partial charge in [0.15, 0.2) is 6.61 Å². The lowest BCUT2D eigenvalue weighted by molar-refractivity contribution is -0.132. The molecular weight excluding hydrogens is 372 g/mol. The first-order valence-electron chi connectivity index (χ1n) is 9.56. The summed E-state index contributed by atoms with van der Waals surface area (Å²) in [5.74, 6) is 0.990. The number of methoxy groups -OCH3 is 1. The van der Waals surface area contributed by atoms with Gasteiger partial charge in [-0.25, -0.2) is 0 Å². The van der Waals surface area contributed by atoms with Gasteiger partial charge in [-0.1, -0.05) is 24.3 Å². The van der Waals surface area contributed by atoms with Crippen molar-refractivity contribution in [2.24, 2.45) is 0 Å². The van der Waals surface area contributed by atoms with Crippen LogP contribution in [0.2, 0.25) is 0 Å². The van der Waals surface area contributed by atoms with E-state index in [1.54, 1.807) is 41.2 Å². The van der Waals surface area contributed by atoms with E-state index in [4.69, 9.17) is 14.6 Å². The highest BCUT2D eigenvalue weighted by Gasteiger charge is 2.33. The van der Waals surface area contributed by atoms with Crippen LogP contribution in [0.4, 0.5) is 5.69 Å². The molecule has 1 aliphatic heterocycles. The lowest BCUT2D eigenvalue weighted by Gasteiger charge is -2.29. The average Bonchev–Trinajstić information content (AvgIpc) is 3.22. The summed E-state index contributed by atoms with van der Waals surface area (Å²) in [5, 5.41) is 9.08. The topological polar surface area (TPSA) is 79.3 Å². The molecular formula is C22H26N2O5. The van der Waals surface area contributed by atoms with Crippen molar-refractivity contribution in [3.63, 3.8) is 0 Å². The van der Waals surface area contributed by atoms with Crippen molar-refractivity contribution in [1.29, 1.82) is 0 Å². The molecule has 1 aliphatic rings. The Hall–Kier alpha value is -3.06. The number of hydrogen-bond donors (Lipinski definition) is 1. The fourth-order valence-corrected chi connectivity index (χ4v) is 3.56. The normalized spacial score (nSPS) is 15.8. The molecule has 1 heterocycles. The molecule has 0 aromatic heterocycles.